The second-order valence-electron chi connectivity index (χ2n) is 1.93. The topological polar surface area (TPSA) is 38.4 Å². The zero-order valence-corrected chi connectivity index (χ0v) is 7.03. The molecule has 0 aliphatic heterocycles. The molecule has 2 N–H and O–H groups in total. The van der Waals surface area contributed by atoms with Crippen LogP contribution in [-0.4, -0.2) is 17.5 Å². The Labute approximate surface area is 60.9 Å². The van der Waals surface area contributed by atoms with Gasteiger partial charge >= 0.3 is 0 Å². The van der Waals surface area contributed by atoms with Crippen molar-refractivity contribution in [1.82, 2.24) is 0 Å². The third kappa shape index (κ3) is 4.33. The van der Waals surface area contributed by atoms with Crippen molar-refractivity contribution in [2.75, 3.05) is 6.26 Å². The van der Waals surface area contributed by atoms with Crippen molar-refractivity contribution in [3.63, 3.8) is 0 Å². The number of rotatable bonds is 2. The van der Waals surface area contributed by atoms with E-state index < -0.39 is 0 Å². The predicted molar refractivity (Wildman–Crippen MR) is 44.9 cm³/mol. The van der Waals surface area contributed by atoms with Gasteiger partial charge in [0.1, 0.15) is 0 Å². The average molecular weight is 146 g/mol. The van der Waals surface area contributed by atoms with Crippen LogP contribution < -0.4 is 5.73 Å². The second-order valence-corrected chi connectivity index (χ2v) is 2.76. The zero-order chi connectivity index (χ0) is 7.28. The monoisotopic (exact) mass is 146 g/mol. The minimum absolute atomic E-state index is 0.373. The molecule has 54 valence electrons. The highest BCUT2D eigenvalue weighted by molar-refractivity contribution is 8.13. The molecule has 0 aromatic carbocycles. The Hall–Kier alpha value is -0.180. The Balaban J connectivity index is 3.64. The minimum Gasteiger partial charge on any atom is -0.379 e. The highest BCUT2D eigenvalue weighted by Crippen LogP contribution is 1.98. The second kappa shape index (κ2) is 4.68. The molecule has 0 heterocycles. The van der Waals surface area contributed by atoms with Crippen LogP contribution in [0.5, 0.6) is 0 Å². The summed E-state index contributed by atoms with van der Waals surface area (Å²) in [5.41, 5.74) is 5.46. The first-order chi connectivity index (χ1) is 4.20. The molecule has 0 amide bonds. The molecule has 0 spiro atoms. The molecule has 0 fully saturated rings. The number of thioether (sulfide) groups is 1. The Morgan fingerprint density at radius 1 is 1.78 bits per heavy atom. The number of aliphatic imine (C=N–C) groups is 1. The SMILES string of the molecule is CC[C@@H](C)N=C(N)SC. The van der Waals surface area contributed by atoms with Crippen LogP contribution in [0, 0.1) is 0 Å². The largest absolute Gasteiger partial charge is 0.379 e. The smallest absolute Gasteiger partial charge is 0.153 e. The fourth-order valence-electron chi connectivity index (χ4n) is 0.361. The summed E-state index contributed by atoms with van der Waals surface area (Å²) in [5, 5.41) is 0.685. The molecule has 0 unspecified atom stereocenters. The van der Waals surface area contributed by atoms with E-state index in [-0.39, 0.29) is 0 Å². The van der Waals surface area contributed by atoms with Crippen molar-refractivity contribution >= 4 is 16.9 Å². The van der Waals surface area contributed by atoms with E-state index in [1.807, 2.05) is 6.26 Å². The average Bonchev–Trinajstić information content (AvgIpc) is 1.87. The van der Waals surface area contributed by atoms with Crippen molar-refractivity contribution in [1.29, 1.82) is 0 Å². The number of hydrogen-bond donors (Lipinski definition) is 1. The van der Waals surface area contributed by atoms with E-state index in [1.54, 1.807) is 0 Å². The van der Waals surface area contributed by atoms with Crippen molar-refractivity contribution in [2.45, 2.75) is 26.3 Å². The molecule has 0 aromatic rings. The van der Waals surface area contributed by atoms with Gasteiger partial charge in [0.25, 0.3) is 0 Å². The predicted octanol–water partition coefficient (Wildman–Crippen LogP) is 1.46. The van der Waals surface area contributed by atoms with E-state index in [4.69, 9.17) is 5.73 Å². The van der Waals surface area contributed by atoms with Gasteiger partial charge in [0.2, 0.25) is 0 Å². The lowest BCUT2D eigenvalue weighted by atomic mass is 10.3. The normalized spacial score (nSPS) is 15.7. The fraction of sp³-hybridized carbons (Fsp3) is 0.833. The van der Waals surface area contributed by atoms with E-state index in [2.05, 4.69) is 18.8 Å². The van der Waals surface area contributed by atoms with Gasteiger partial charge in [-0.3, -0.25) is 4.99 Å². The molecule has 0 radical (unpaired) electrons. The van der Waals surface area contributed by atoms with Crippen LogP contribution in [0.25, 0.3) is 0 Å². The molecule has 0 saturated carbocycles. The van der Waals surface area contributed by atoms with Gasteiger partial charge < -0.3 is 5.73 Å². The fourth-order valence-corrected chi connectivity index (χ4v) is 0.647. The highest BCUT2D eigenvalue weighted by Gasteiger charge is 1.93. The molecule has 9 heavy (non-hydrogen) atoms. The lowest BCUT2D eigenvalue weighted by molar-refractivity contribution is 0.718. The summed E-state index contributed by atoms with van der Waals surface area (Å²) in [4.78, 5) is 4.17. The molecule has 2 nitrogen and oxygen atoms in total. The van der Waals surface area contributed by atoms with Crippen LogP contribution in [0.3, 0.4) is 0 Å². The van der Waals surface area contributed by atoms with E-state index >= 15 is 0 Å². The Morgan fingerprint density at radius 2 is 2.33 bits per heavy atom. The minimum atomic E-state index is 0.373. The highest BCUT2D eigenvalue weighted by atomic mass is 32.2. The standard InChI is InChI=1S/C6H14N2S/c1-4-5(2)8-6(7)9-3/h5H,4H2,1-3H3,(H2,7,8)/t5-/m1/s1. The van der Waals surface area contributed by atoms with E-state index in [1.165, 1.54) is 11.8 Å². The molecule has 0 aromatic heterocycles. The van der Waals surface area contributed by atoms with Gasteiger partial charge in [-0.25, -0.2) is 0 Å². The summed E-state index contributed by atoms with van der Waals surface area (Å²) in [7, 11) is 0. The maximum Gasteiger partial charge on any atom is 0.153 e. The summed E-state index contributed by atoms with van der Waals surface area (Å²) in [6.45, 7) is 4.16. The molecule has 0 saturated heterocycles. The molecule has 0 rings (SSSR count). The van der Waals surface area contributed by atoms with Crippen molar-refractivity contribution < 1.29 is 0 Å². The quantitative estimate of drug-likeness (QED) is 0.473. The number of nitrogens with zero attached hydrogens (tertiary/aromatic N) is 1. The van der Waals surface area contributed by atoms with E-state index in [9.17, 15) is 0 Å². The molecular weight excluding hydrogens is 132 g/mol. The lowest BCUT2D eigenvalue weighted by Crippen LogP contribution is -2.09. The zero-order valence-electron chi connectivity index (χ0n) is 6.22. The lowest BCUT2D eigenvalue weighted by Gasteiger charge is -2.01. The third-order valence-electron chi connectivity index (χ3n) is 1.15. The van der Waals surface area contributed by atoms with Crippen LogP contribution in [0.15, 0.2) is 4.99 Å². The summed E-state index contributed by atoms with van der Waals surface area (Å²) in [6, 6.07) is 0.373. The summed E-state index contributed by atoms with van der Waals surface area (Å²) in [6.07, 6.45) is 2.99. The molecule has 0 bridgehead atoms. The first-order valence-electron chi connectivity index (χ1n) is 3.08. The molecule has 0 aliphatic carbocycles. The van der Waals surface area contributed by atoms with Crippen LogP contribution >= 0.6 is 11.8 Å². The van der Waals surface area contributed by atoms with Crippen molar-refractivity contribution in [3.8, 4) is 0 Å². The van der Waals surface area contributed by atoms with Gasteiger partial charge in [0, 0.05) is 6.04 Å². The molecule has 0 aliphatic rings. The van der Waals surface area contributed by atoms with E-state index in [0.29, 0.717) is 11.2 Å². The first kappa shape index (κ1) is 8.82. The number of nitrogens with two attached hydrogens (primary N) is 1. The molecule has 3 heteroatoms. The van der Waals surface area contributed by atoms with Crippen LogP contribution in [0.1, 0.15) is 20.3 Å². The first-order valence-corrected chi connectivity index (χ1v) is 4.30. The number of hydrogen-bond acceptors (Lipinski definition) is 2. The van der Waals surface area contributed by atoms with Crippen LogP contribution in [0.4, 0.5) is 0 Å². The summed E-state index contributed by atoms with van der Waals surface area (Å²) < 4.78 is 0. The third-order valence-corrected chi connectivity index (χ3v) is 1.67. The summed E-state index contributed by atoms with van der Waals surface area (Å²) >= 11 is 1.50. The van der Waals surface area contributed by atoms with Gasteiger partial charge in [0.05, 0.1) is 0 Å². The Morgan fingerprint density at radius 3 is 2.67 bits per heavy atom. The Kier molecular flexibility index (Phi) is 4.58. The Bertz CT molecular complexity index is 101. The molecule has 1 atom stereocenters. The van der Waals surface area contributed by atoms with Crippen LogP contribution in [-0.2, 0) is 0 Å². The molecular formula is C6H14N2S. The summed E-state index contributed by atoms with van der Waals surface area (Å²) in [5.74, 6) is 0. The van der Waals surface area contributed by atoms with Gasteiger partial charge in [-0.05, 0) is 19.6 Å². The van der Waals surface area contributed by atoms with Gasteiger partial charge in [-0.1, -0.05) is 18.7 Å². The van der Waals surface area contributed by atoms with Gasteiger partial charge in [-0.2, -0.15) is 0 Å². The van der Waals surface area contributed by atoms with Gasteiger partial charge in [0.15, 0.2) is 5.17 Å². The van der Waals surface area contributed by atoms with Crippen LogP contribution in [0.2, 0.25) is 0 Å². The van der Waals surface area contributed by atoms with E-state index in [0.717, 1.165) is 6.42 Å². The number of amidine groups is 1. The van der Waals surface area contributed by atoms with Crippen molar-refractivity contribution in [3.05, 3.63) is 0 Å². The van der Waals surface area contributed by atoms with Gasteiger partial charge in [-0.15, -0.1) is 0 Å². The van der Waals surface area contributed by atoms with Crippen molar-refractivity contribution in [2.24, 2.45) is 10.7 Å². The maximum atomic E-state index is 5.46. The maximum absolute atomic E-state index is 5.46.